The monoisotopic (exact) mass is 299 g/mol. The number of nitrogens with zero attached hydrogens (tertiary/aromatic N) is 3. The van der Waals surface area contributed by atoms with E-state index in [1.54, 1.807) is 6.07 Å². The highest BCUT2D eigenvalue weighted by Crippen LogP contribution is 2.38. The number of hydrogen-bond acceptors (Lipinski definition) is 6. The summed E-state index contributed by atoms with van der Waals surface area (Å²) in [5.41, 5.74) is 2.81. The molecule has 1 aromatic heterocycles. The quantitative estimate of drug-likeness (QED) is 0.759. The molecule has 1 aliphatic heterocycles. The minimum atomic E-state index is 0.0140. The van der Waals surface area contributed by atoms with Crippen LogP contribution in [-0.2, 0) is 6.42 Å². The Bertz CT molecular complexity index is 859. The largest absolute Gasteiger partial charge is 0.505 e. The SMILES string of the molecule is OCCc1ccc2nn(-c3cc4c(cc3O)OCO4)nc2c1. The van der Waals surface area contributed by atoms with Crippen LogP contribution in [0.5, 0.6) is 17.2 Å². The van der Waals surface area contributed by atoms with Gasteiger partial charge >= 0.3 is 0 Å². The summed E-state index contributed by atoms with van der Waals surface area (Å²) in [6.45, 7) is 0.222. The average molecular weight is 299 g/mol. The highest BCUT2D eigenvalue weighted by molar-refractivity contribution is 5.75. The van der Waals surface area contributed by atoms with Crippen molar-refractivity contribution in [2.45, 2.75) is 6.42 Å². The molecule has 0 unspecified atom stereocenters. The first-order valence-electron chi connectivity index (χ1n) is 6.84. The van der Waals surface area contributed by atoms with E-state index < -0.39 is 0 Å². The number of fused-ring (bicyclic) bond motifs is 2. The van der Waals surface area contributed by atoms with Gasteiger partial charge in [0.2, 0.25) is 6.79 Å². The van der Waals surface area contributed by atoms with E-state index in [9.17, 15) is 5.11 Å². The van der Waals surface area contributed by atoms with Gasteiger partial charge in [-0.05, 0) is 24.1 Å². The summed E-state index contributed by atoms with van der Waals surface area (Å²) in [4.78, 5) is 1.37. The summed E-state index contributed by atoms with van der Waals surface area (Å²) in [6, 6.07) is 8.75. The molecule has 3 aromatic rings. The fourth-order valence-electron chi connectivity index (χ4n) is 2.43. The van der Waals surface area contributed by atoms with Gasteiger partial charge in [0.1, 0.15) is 22.5 Å². The van der Waals surface area contributed by atoms with Gasteiger partial charge in [-0.1, -0.05) is 6.07 Å². The normalized spacial score (nSPS) is 13.0. The number of aromatic hydroxyl groups is 1. The third kappa shape index (κ3) is 2.03. The van der Waals surface area contributed by atoms with Gasteiger partial charge in [0.05, 0.1) is 0 Å². The summed E-state index contributed by atoms with van der Waals surface area (Å²) in [5, 5.41) is 27.9. The average Bonchev–Trinajstić information content (AvgIpc) is 3.11. The Morgan fingerprint density at radius 2 is 1.82 bits per heavy atom. The topological polar surface area (TPSA) is 89.6 Å². The van der Waals surface area contributed by atoms with Gasteiger partial charge in [0.15, 0.2) is 11.5 Å². The zero-order valence-corrected chi connectivity index (χ0v) is 11.6. The molecule has 7 heteroatoms. The van der Waals surface area contributed by atoms with Gasteiger partial charge < -0.3 is 19.7 Å². The lowest BCUT2D eigenvalue weighted by atomic mass is 10.1. The summed E-state index contributed by atoms with van der Waals surface area (Å²) in [5.74, 6) is 1.07. The number of benzene rings is 2. The Hall–Kier alpha value is -2.80. The minimum Gasteiger partial charge on any atom is -0.505 e. The summed E-state index contributed by atoms with van der Waals surface area (Å²) >= 11 is 0. The Labute approximate surface area is 125 Å². The molecule has 1 aliphatic rings. The predicted octanol–water partition coefficient (Wildman–Crippen LogP) is 1.39. The van der Waals surface area contributed by atoms with Crippen molar-refractivity contribution < 1.29 is 19.7 Å². The molecule has 22 heavy (non-hydrogen) atoms. The summed E-state index contributed by atoms with van der Waals surface area (Å²) < 4.78 is 10.5. The zero-order chi connectivity index (χ0) is 15.1. The Balaban J connectivity index is 1.81. The second kappa shape index (κ2) is 4.88. The van der Waals surface area contributed by atoms with Gasteiger partial charge in [0, 0.05) is 18.7 Å². The van der Waals surface area contributed by atoms with Gasteiger partial charge in [0.25, 0.3) is 0 Å². The standard InChI is InChI=1S/C15H13N3O4/c19-4-3-9-1-2-10-11(5-9)17-18(16-10)12-6-14-15(7-13(12)20)22-8-21-14/h1-2,5-7,19-20H,3-4,8H2. The number of rotatable bonds is 3. The molecule has 0 bridgehead atoms. The van der Waals surface area contributed by atoms with Gasteiger partial charge in [-0.3, -0.25) is 0 Å². The van der Waals surface area contributed by atoms with Crippen LogP contribution in [0.1, 0.15) is 5.56 Å². The van der Waals surface area contributed by atoms with Crippen molar-refractivity contribution in [2.24, 2.45) is 0 Å². The molecule has 0 saturated carbocycles. The second-order valence-corrected chi connectivity index (χ2v) is 4.98. The number of aliphatic hydroxyl groups is 1. The number of aliphatic hydroxyl groups excluding tert-OH is 1. The summed E-state index contributed by atoms with van der Waals surface area (Å²) in [7, 11) is 0. The molecule has 7 nitrogen and oxygen atoms in total. The smallest absolute Gasteiger partial charge is 0.231 e. The highest BCUT2D eigenvalue weighted by Gasteiger charge is 2.19. The van der Waals surface area contributed by atoms with Crippen LogP contribution in [0.2, 0.25) is 0 Å². The number of ether oxygens (including phenoxy) is 2. The molecule has 0 amide bonds. The van der Waals surface area contributed by atoms with Crippen molar-refractivity contribution >= 4 is 11.0 Å². The Kier molecular flexibility index (Phi) is 2.87. The lowest BCUT2D eigenvalue weighted by Gasteiger charge is -2.04. The second-order valence-electron chi connectivity index (χ2n) is 4.98. The minimum absolute atomic E-state index is 0.0140. The maximum absolute atomic E-state index is 10.1. The van der Waals surface area contributed by atoms with E-state index >= 15 is 0 Å². The molecule has 0 spiro atoms. The zero-order valence-electron chi connectivity index (χ0n) is 11.6. The first-order chi connectivity index (χ1) is 10.7. The summed E-state index contributed by atoms with van der Waals surface area (Å²) in [6.07, 6.45) is 0.568. The van der Waals surface area contributed by atoms with Crippen LogP contribution >= 0.6 is 0 Å². The molecular weight excluding hydrogens is 286 g/mol. The fraction of sp³-hybridized carbons (Fsp3) is 0.200. The number of phenolic OH excluding ortho intramolecular Hbond substituents is 1. The number of aromatic nitrogens is 3. The maximum atomic E-state index is 10.1. The third-order valence-corrected chi connectivity index (χ3v) is 3.53. The van der Waals surface area contributed by atoms with Crippen molar-refractivity contribution in [1.29, 1.82) is 0 Å². The lowest BCUT2D eigenvalue weighted by Crippen LogP contribution is -1.99. The fourth-order valence-corrected chi connectivity index (χ4v) is 2.43. The van der Waals surface area contributed by atoms with Gasteiger partial charge in [-0.25, -0.2) is 0 Å². The molecule has 0 radical (unpaired) electrons. The van der Waals surface area contributed by atoms with Crippen LogP contribution in [0.15, 0.2) is 30.3 Å². The van der Waals surface area contributed by atoms with Crippen molar-refractivity contribution in [3.63, 3.8) is 0 Å². The van der Waals surface area contributed by atoms with Crippen LogP contribution in [0.4, 0.5) is 0 Å². The first kappa shape index (κ1) is 12.9. The molecule has 2 N–H and O–H groups in total. The molecule has 0 saturated heterocycles. The third-order valence-electron chi connectivity index (χ3n) is 3.53. The van der Waals surface area contributed by atoms with Crippen molar-refractivity contribution in [3.05, 3.63) is 35.9 Å². The Morgan fingerprint density at radius 3 is 2.64 bits per heavy atom. The molecule has 0 atom stereocenters. The number of hydrogen-bond donors (Lipinski definition) is 2. The van der Waals surface area contributed by atoms with E-state index in [2.05, 4.69) is 10.2 Å². The molecular formula is C15H13N3O4. The molecule has 112 valence electrons. The van der Waals surface area contributed by atoms with Crippen molar-refractivity contribution in [3.8, 4) is 22.9 Å². The van der Waals surface area contributed by atoms with Crippen molar-refractivity contribution in [1.82, 2.24) is 15.0 Å². The van der Waals surface area contributed by atoms with E-state index in [4.69, 9.17) is 14.6 Å². The van der Waals surface area contributed by atoms with E-state index in [1.165, 1.54) is 10.9 Å². The molecule has 4 rings (SSSR count). The van der Waals surface area contributed by atoms with Crippen molar-refractivity contribution in [2.75, 3.05) is 13.4 Å². The van der Waals surface area contributed by atoms with Crippen LogP contribution in [0.25, 0.3) is 16.7 Å². The van der Waals surface area contributed by atoms with Crippen LogP contribution in [0, 0.1) is 0 Å². The van der Waals surface area contributed by atoms with Crippen LogP contribution < -0.4 is 9.47 Å². The molecule has 2 aromatic carbocycles. The van der Waals surface area contributed by atoms with Gasteiger partial charge in [-0.15, -0.1) is 15.0 Å². The lowest BCUT2D eigenvalue weighted by molar-refractivity contribution is 0.174. The van der Waals surface area contributed by atoms with E-state index in [-0.39, 0.29) is 19.1 Å². The maximum Gasteiger partial charge on any atom is 0.231 e. The van der Waals surface area contributed by atoms with Gasteiger partial charge in [-0.2, -0.15) is 0 Å². The van der Waals surface area contributed by atoms with E-state index in [0.29, 0.717) is 34.6 Å². The molecule has 0 aliphatic carbocycles. The highest BCUT2D eigenvalue weighted by atomic mass is 16.7. The van der Waals surface area contributed by atoms with Crippen LogP contribution in [-0.4, -0.2) is 38.6 Å². The Morgan fingerprint density at radius 1 is 1.05 bits per heavy atom. The van der Waals surface area contributed by atoms with E-state index in [0.717, 1.165) is 5.56 Å². The molecule has 2 heterocycles. The first-order valence-corrected chi connectivity index (χ1v) is 6.84. The molecule has 0 fully saturated rings. The van der Waals surface area contributed by atoms with Crippen LogP contribution in [0.3, 0.4) is 0 Å². The van der Waals surface area contributed by atoms with E-state index in [1.807, 2.05) is 18.2 Å². The number of phenols is 1. The predicted molar refractivity (Wildman–Crippen MR) is 77.4 cm³/mol.